The summed E-state index contributed by atoms with van der Waals surface area (Å²) in [5.74, 6) is 4.05. The van der Waals surface area contributed by atoms with E-state index in [0.717, 1.165) is 62.7 Å². The van der Waals surface area contributed by atoms with Crippen LogP contribution in [-0.2, 0) is 4.79 Å². The third-order valence-corrected chi connectivity index (χ3v) is 8.01. The lowest BCUT2D eigenvalue weighted by Crippen LogP contribution is -2.51. The van der Waals surface area contributed by atoms with E-state index < -0.39 is 0 Å². The maximum Gasteiger partial charge on any atom is 0.133 e. The highest BCUT2D eigenvalue weighted by Crippen LogP contribution is 2.63. The summed E-state index contributed by atoms with van der Waals surface area (Å²) in [6.45, 7) is 0.214. The Morgan fingerprint density at radius 3 is 2.68 bits per heavy atom. The Bertz CT molecular complexity index is 448. The quantitative estimate of drug-likeness (QED) is 0.824. The fraction of sp³-hybridized carbons (Fsp3) is 0.947. The van der Waals surface area contributed by atoms with Crippen LogP contribution in [0, 0.1) is 35.0 Å². The number of Topliss-reactive ketones (excluding diaryl/α,β-unsaturated/α-hetero) is 1. The molecule has 0 aromatic carbocycles. The van der Waals surface area contributed by atoms with E-state index in [1.54, 1.807) is 0 Å². The largest absolute Gasteiger partial charge is 0.396 e. The molecule has 124 valence electrons. The predicted molar refractivity (Wildman–Crippen MR) is 84.2 cm³/mol. The molecule has 22 heavy (non-hydrogen) atoms. The van der Waals surface area contributed by atoms with Crippen molar-refractivity contribution in [3.63, 3.8) is 0 Å². The van der Waals surface area contributed by atoms with Crippen LogP contribution in [-0.4, -0.2) is 28.7 Å². The molecule has 0 aromatic rings. The van der Waals surface area contributed by atoms with Gasteiger partial charge in [-0.2, -0.15) is 0 Å². The fourth-order valence-corrected chi connectivity index (χ4v) is 7.13. The molecular weight excluding hydrogens is 276 g/mol. The number of aliphatic hydroxyl groups is 2. The molecule has 4 fully saturated rings. The molecule has 0 bridgehead atoms. The van der Waals surface area contributed by atoms with Crippen LogP contribution in [0.5, 0.6) is 0 Å². The highest BCUT2D eigenvalue weighted by molar-refractivity contribution is 5.79. The van der Waals surface area contributed by atoms with Gasteiger partial charge in [-0.05, 0) is 81.0 Å². The van der Waals surface area contributed by atoms with Gasteiger partial charge in [-0.25, -0.2) is 0 Å². The van der Waals surface area contributed by atoms with E-state index >= 15 is 0 Å². The summed E-state index contributed by atoms with van der Waals surface area (Å²) in [5, 5.41) is 20.1. The smallest absolute Gasteiger partial charge is 0.133 e. The molecule has 0 amide bonds. The van der Waals surface area contributed by atoms with E-state index in [9.17, 15) is 15.0 Å². The minimum absolute atomic E-state index is 0.00718. The van der Waals surface area contributed by atoms with Crippen molar-refractivity contribution in [2.24, 2.45) is 35.0 Å². The van der Waals surface area contributed by atoms with Crippen molar-refractivity contribution in [1.29, 1.82) is 0 Å². The maximum atomic E-state index is 11.8. The summed E-state index contributed by atoms with van der Waals surface area (Å²) in [6, 6.07) is 0. The number of ketones is 1. The van der Waals surface area contributed by atoms with Crippen molar-refractivity contribution in [1.82, 2.24) is 0 Å². The molecule has 7 atom stereocenters. The van der Waals surface area contributed by atoms with Crippen LogP contribution in [0.2, 0.25) is 0 Å². The average Bonchev–Trinajstić information content (AvgIpc) is 2.84. The van der Waals surface area contributed by atoms with Crippen molar-refractivity contribution in [2.45, 2.75) is 70.3 Å². The minimum atomic E-state index is -0.198. The van der Waals surface area contributed by atoms with Gasteiger partial charge >= 0.3 is 0 Å². The molecular formula is C19H30O3. The van der Waals surface area contributed by atoms with E-state index in [4.69, 9.17) is 0 Å². The Morgan fingerprint density at radius 2 is 1.86 bits per heavy atom. The van der Waals surface area contributed by atoms with Crippen LogP contribution in [0.3, 0.4) is 0 Å². The molecule has 0 aromatic heterocycles. The summed E-state index contributed by atoms with van der Waals surface area (Å²) in [4.78, 5) is 11.8. The first-order valence-electron chi connectivity index (χ1n) is 9.46. The molecule has 4 saturated carbocycles. The van der Waals surface area contributed by atoms with Crippen LogP contribution in [0.15, 0.2) is 0 Å². The standard InChI is InChI=1S/C19H30O3/c20-10-9-19-8-7-15-14-4-2-13(21)11-12(14)1-3-16(15)17(19)5-6-18(19)22/h12,14-18,20,22H,1-11H2/t12-,14?,15?,16?,17?,18-,19+/m0/s1. The molecule has 4 aliphatic rings. The Balaban J connectivity index is 1.58. The normalized spacial score (nSPS) is 51.1. The van der Waals surface area contributed by atoms with Gasteiger partial charge in [0.2, 0.25) is 0 Å². The predicted octanol–water partition coefficient (Wildman–Crippen LogP) is 2.93. The van der Waals surface area contributed by atoms with Gasteiger partial charge in [0, 0.05) is 24.9 Å². The van der Waals surface area contributed by atoms with Crippen molar-refractivity contribution in [3.8, 4) is 0 Å². The topological polar surface area (TPSA) is 57.5 Å². The lowest BCUT2D eigenvalue weighted by molar-refractivity contribution is -0.130. The van der Waals surface area contributed by atoms with Crippen molar-refractivity contribution < 1.29 is 15.0 Å². The third kappa shape index (κ3) is 2.11. The first-order chi connectivity index (χ1) is 10.7. The molecule has 0 radical (unpaired) electrons. The van der Waals surface area contributed by atoms with E-state index in [1.165, 1.54) is 19.3 Å². The van der Waals surface area contributed by atoms with Crippen LogP contribution >= 0.6 is 0 Å². The monoisotopic (exact) mass is 306 g/mol. The van der Waals surface area contributed by atoms with Crippen molar-refractivity contribution in [2.75, 3.05) is 6.61 Å². The minimum Gasteiger partial charge on any atom is -0.396 e. The summed E-state index contributed by atoms with van der Waals surface area (Å²) in [7, 11) is 0. The van der Waals surface area contributed by atoms with Crippen molar-refractivity contribution >= 4 is 5.78 Å². The first-order valence-corrected chi connectivity index (χ1v) is 9.46. The zero-order valence-corrected chi connectivity index (χ0v) is 13.5. The molecule has 4 rings (SSSR count). The molecule has 0 saturated heterocycles. The zero-order valence-electron chi connectivity index (χ0n) is 13.5. The molecule has 3 heteroatoms. The van der Waals surface area contributed by atoms with Gasteiger partial charge in [0.25, 0.3) is 0 Å². The summed E-state index contributed by atoms with van der Waals surface area (Å²) in [5.41, 5.74) is 0.00718. The molecule has 4 aliphatic carbocycles. The second-order valence-electron chi connectivity index (χ2n) is 8.56. The molecule has 2 N–H and O–H groups in total. The molecule has 3 nitrogen and oxygen atoms in total. The number of carbonyl (C=O) groups excluding carboxylic acids is 1. The molecule has 4 unspecified atom stereocenters. The summed E-state index contributed by atoms with van der Waals surface area (Å²) < 4.78 is 0. The Hall–Kier alpha value is -0.410. The second kappa shape index (κ2) is 5.59. The van der Waals surface area contributed by atoms with Gasteiger partial charge in [0.1, 0.15) is 5.78 Å². The van der Waals surface area contributed by atoms with Crippen LogP contribution in [0.4, 0.5) is 0 Å². The number of hydrogen-bond acceptors (Lipinski definition) is 3. The summed E-state index contributed by atoms with van der Waals surface area (Å²) >= 11 is 0. The molecule has 0 heterocycles. The number of rotatable bonds is 2. The van der Waals surface area contributed by atoms with Gasteiger partial charge in [-0.1, -0.05) is 0 Å². The third-order valence-electron chi connectivity index (χ3n) is 8.01. The Labute approximate surface area is 133 Å². The maximum absolute atomic E-state index is 11.8. The van der Waals surface area contributed by atoms with E-state index in [-0.39, 0.29) is 18.1 Å². The number of hydrogen-bond donors (Lipinski definition) is 2. The lowest BCUT2D eigenvalue weighted by Gasteiger charge is -2.56. The van der Waals surface area contributed by atoms with Crippen LogP contribution < -0.4 is 0 Å². The SMILES string of the molecule is O=C1CCC2C3CC[C@@]4(CCO)C(CC[C@@H]4O)C3CC[C@H]2C1. The highest BCUT2D eigenvalue weighted by atomic mass is 16.3. The summed E-state index contributed by atoms with van der Waals surface area (Å²) in [6.07, 6.45) is 10.2. The first kappa shape index (κ1) is 15.1. The number of fused-ring (bicyclic) bond motifs is 5. The van der Waals surface area contributed by atoms with E-state index in [0.29, 0.717) is 17.6 Å². The van der Waals surface area contributed by atoms with Gasteiger partial charge < -0.3 is 10.2 Å². The number of aliphatic hydroxyl groups excluding tert-OH is 2. The highest BCUT2D eigenvalue weighted by Gasteiger charge is 2.58. The van der Waals surface area contributed by atoms with Gasteiger partial charge in [-0.15, -0.1) is 0 Å². The fourth-order valence-electron chi connectivity index (χ4n) is 7.13. The second-order valence-corrected chi connectivity index (χ2v) is 8.56. The van der Waals surface area contributed by atoms with Crippen molar-refractivity contribution in [3.05, 3.63) is 0 Å². The molecule has 0 aliphatic heterocycles. The number of carbonyl (C=O) groups is 1. The Kier molecular flexibility index (Phi) is 3.85. The molecule has 0 spiro atoms. The Morgan fingerprint density at radius 1 is 1.00 bits per heavy atom. The lowest BCUT2D eigenvalue weighted by atomic mass is 9.49. The van der Waals surface area contributed by atoms with E-state index in [2.05, 4.69) is 0 Å². The van der Waals surface area contributed by atoms with Gasteiger partial charge in [0.05, 0.1) is 6.10 Å². The van der Waals surface area contributed by atoms with Gasteiger partial charge in [-0.3, -0.25) is 4.79 Å². The average molecular weight is 306 g/mol. The van der Waals surface area contributed by atoms with Crippen LogP contribution in [0.1, 0.15) is 64.2 Å². The zero-order chi connectivity index (χ0) is 15.3. The van der Waals surface area contributed by atoms with Gasteiger partial charge in [0.15, 0.2) is 0 Å². The van der Waals surface area contributed by atoms with Crippen LogP contribution in [0.25, 0.3) is 0 Å². The van der Waals surface area contributed by atoms with E-state index in [1.807, 2.05) is 0 Å².